The molecule has 2 atom stereocenters. The number of piperidine rings is 2. The van der Waals surface area contributed by atoms with Crippen LogP contribution in [0.3, 0.4) is 0 Å². The average Bonchev–Trinajstić information content (AvgIpc) is 3.04. The third-order valence-corrected chi connectivity index (χ3v) is 13.0. The molecule has 2 N–H and O–H groups in total. The first-order valence-corrected chi connectivity index (χ1v) is 21.7. The van der Waals surface area contributed by atoms with Crippen LogP contribution in [0.4, 0.5) is 0 Å². The predicted octanol–water partition coefficient (Wildman–Crippen LogP) is 12.0. The van der Waals surface area contributed by atoms with Crippen LogP contribution in [0.2, 0.25) is 0 Å². The molecule has 0 saturated carbocycles. The van der Waals surface area contributed by atoms with Crippen molar-refractivity contribution in [1.82, 2.24) is 10.1 Å². The first kappa shape index (κ1) is 46.9. The fourth-order valence-corrected chi connectivity index (χ4v) is 10.5. The zero-order valence-electron chi connectivity index (χ0n) is 35.8. The van der Waals surface area contributed by atoms with E-state index in [1.165, 1.54) is 51.4 Å². The van der Waals surface area contributed by atoms with E-state index in [4.69, 9.17) is 14.8 Å². The highest BCUT2D eigenvalue weighted by molar-refractivity contribution is 5.76. The third-order valence-electron chi connectivity index (χ3n) is 13.0. The van der Waals surface area contributed by atoms with E-state index in [-0.39, 0.29) is 29.3 Å². The van der Waals surface area contributed by atoms with E-state index in [0.717, 1.165) is 77.0 Å². The van der Waals surface area contributed by atoms with Gasteiger partial charge in [0.25, 0.3) is 0 Å². The maximum Gasteiger partial charge on any atom is 0.310 e. The van der Waals surface area contributed by atoms with Crippen molar-refractivity contribution in [2.75, 3.05) is 13.2 Å². The van der Waals surface area contributed by atoms with Crippen molar-refractivity contribution < 1.29 is 29.5 Å². The number of carboxylic acids is 2. The fraction of sp³-hybridized carbons (Fsp3) is 0.955. The van der Waals surface area contributed by atoms with Gasteiger partial charge in [0, 0.05) is 28.6 Å². The van der Waals surface area contributed by atoms with Gasteiger partial charge in [-0.25, -0.2) is 0 Å². The third kappa shape index (κ3) is 12.7. The molecule has 0 radical (unpaired) electrons. The molecule has 0 aliphatic carbocycles. The molecule has 0 aromatic carbocycles. The lowest BCUT2D eigenvalue weighted by Gasteiger charge is -2.64. The van der Waals surface area contributed by atoms with Gasteiger partial charge in [0.15, 0.2) is 0 Å². The van der Waals surface area contributed by atoms with E-state index in [9.17, 15) is 14.7 Å². The van der Waals surface area contributed by atoms with E-state index in [1.807, 2.05) is 0 Å². The number of carbonyl (C=O) groups is 2. The van der Waals surface area contributed by atoms with Crippen LogP contribution in [0.1, 0.15) is 217 Å². The molecule has 2 saturated heterocycles. The van der Waals surface area contributed by atoms with Crippen LogP contribution in [0, 0.1) is 17.3 Å². The average molecular weight is 737 g/mol. The molecule has 2 aliphatic rings. The van der Waals surface area contributed by atoms with E-state index >= 15 is 0 Å². The van der Waals surface area contributed by atoms with Crippen LogP contribution < -0.4 is 0 Å². The Morgan fingerprint density at radius 2 is 0.942 bits per heavy atom. The predicted molar refractivity (Wildman–Crippen MR) is 214 cm³/mol. The molecule has 2 aliphatic heterocycles. The van der Waals surface area contributed by atoms with Gasteiger partial charge in [-0.3, -0.25) is 19.3 Å². The van der Waals surface area contributed by atoms with Gasteiger partial charge in [-0.15, -0.1) is 0 Å². The molecule has 0 spiro atoms. The SMILES string of the molecule is CCCCCCCCON1C(C)(C)CCC(C(CCCCCCCC(=O)O)(C(=O)O)C2CCC(C)(C)N(OCCCCCCCC)C2(C)C)C1(C)C. The summed E-state index contributed by atoms with van der Waals surface area (Å²) in [5.74, 6) is -1.69. The molecule has 52 heavy (non-hydrogen) atoms. The van der Waals surface area contributed by atoms with Crippen LogP contribution in [0.15, 0.2) is 0 Å². The summed E-state index contributed by atoms with van der Waals surface area (Å²) in [4.78, 5) is 39.0. The lowest BCUT2D eigenvalue weighted by Crippen LogP contribution is -2.72. The van der Waals surface area contributed by atoms with Crippen molar-refractivity contribution >= 4 is 11.9 Å². The Kier molecular flexibility index (Phi) is 19.6. The molecule has 306 valence electrons. The lowest BCUT2D eigenvalue weighted by molar-refractivity contribution is -0.327. The Bertz CT molecular complexity index is 982. The Morgan fingerprint density at radius 3 is 1.33 bits per heavy atom. The molecule has 2 rings (SSSR count). The molecule has 0 amide bonds. The second kappa shape index (κ2) is 21.8. The van der Waals surface area contributed by atoms with E-state index < -0.39 is 28.4 Å². The number of nitrogens with zero attached hydrogens (tertiary/aromatic N) is 2. The summed E-state index contributed by atoms with van der Waals surface area (Å²) in [7, 11) is 0. The molecule has 2 unspecified atom stereocenters. The maximum atomic E-state index is 14.4. The summed E-state index contributed by atoms with van der Waals surface area (Å²) >= 11 is 0. The monoisotopic (exact) mass is 737 g/mol. The van der Waals surface area contributed by atoms with Crippen molar-refractivity contribution in [1.29, 1.82) is 0 Å². The quantitative estimate of drug-likeness (QED) is 0.0804. The molecule has 8 nitrogen and oxygen atoms in total. The van der Waals surface area contributed by atoms with Crippen molar-refractivity contribution in [3.05, 3.63) is 0 Å². The summed E-state index contributed by atoms with van der Waals surface area (Å²) in [6, 6.07) is 0. The van der Waals surface area contributed by atoms with Gasteiger partial charge in [0.1, 0.15) is 0 Å². The number of hydroxylamine groups is 4. The van der Waals surface area contributed by atoms with Crippen molar-refractivity contribution in [2.45, 2.75) is 239 Å². The fourth-order valence-electron chi connectivity index (χ4n) is 10.5. The standard InChI is InChI=1S/C44H84N2O6/c1-11-13-15-17-22-26-34-51-45-40(3,4)32-29-36(42(45,7)8)44(39(49)50,31-25-21-19-20-24-28-38(47)48)37-30-33-41(5,6)46(43(37,9)10)52-35-27-23-18-16-14-12-2/h36-37H,11-35H2,1-10H3,(H,47,48)(H,49,50). The molecule has 2 fully saturated rings. The molecule has 8 heteroatoms. The van der Waals surface area contributed by atoms with Crippen LogP contribution in [0.5, 0.6) is 0 Å². The Balaban J connectivity index is 2.46. The van der Waals surface area contributed by atoms with Crippen LogP contribution >= 0.6 is 0 Å². The highest BCUT2D eigenvalue weighted by Crippen LogP contribution is 2.60. The number of hydrogen-bond donors (Lipinski definition) is 2. The molecular formula is C44H84N2O6. The van der Waals surface area contributed by atoms with Gasteiger partial charge in [-0.1, -0.05) is 104 Å². The Morgan fingerprint density at radius 1 is 0.577 bits per heavy atom. The van der Waals surface area contributed by atoms with E-state index in [2.05, 4.69) is 79.4 Å². The molecule has 0 bridgehead atoms. The van der Waals surface area contributed by atoms with Crippen LogP contribution in [-0.2, 0) is 19.3 Å². The largest absolute Gasteiger partial charge is 0.481 e. The van der Waals surface area contributed by atoms with Crippen LogP contribution in [-0.4, -0.2) is 67.6 Å². The van der Waals surface area contributed by atoms with Crippen molar-refractivity contribution in [2.24, 2.45) is 17.3 Å². The van der Waals surface area contributed by atoms with Gasteiger partial charge in [0.05, 0.1) is 18.6 Å². The number of carboxylic acid groups (broad SMARTS) is 2. The maximum absolute atomic E-state index is 14.4. The second-order valence-electron chi connectivity index (χ2n) is 18.9. The summed E-state index contributed by atoms with van der Waals surface area (Å²) in [6.45, 7) is 23.8. The van der Waals surface area contributed by atoms with Gasteiger partial charge in [-0.05, 0) is 119 Å². The van der Waals surface area contributed by atoms with Gasteiger partial charge in [0.2, 0.25) is 0 Å². The lowest BCUT2D eigenvalue weighted by atomic mass is 9.49. The van der Waals surface area contributed by atoms with E-state index in [1.54, 1.807) is 0 Å². The minimum atomic E-state index is -0.995. The topological polar surface area (TPSA) is 99.5 Å². The number of aliphatic carboxylic acids is 2. The Labute approximate surface area is 320 Å². The number of rotatable bonds is 27. The molecular weight excluding hydrogens is 652 g/mol. The normalized spacial score (nSPS) is 24.0. The summed E-state index contributed by atoms with van der Waals surface area (Å²) < 4.78 is 0. The molecule has 2 heterocycles. The highest BCUT2D eigenvalue weighted by Gasteiger charge is 2.66. The summed E-state index contributed by atoms with van der Waals surface area (Å²) in [5, 5.41) is 25.3. The van der Waals surface area contributed by atoms with Crippen LogP contribution in [0.25, 0.3) is 0 Å². The first-order chi connectivity index (χ1) is 24.4. The smallest absolute Gasteiger partial charge is 0.310 e. The zero-order valence-corrected chi connectivity index (χ0v) is 35.8. The first-order valence-electron chi connectivity index (χ1n) is 21.7. The highest BCUT2D eigenvalue weighted by atomic mass is 16.7. The minimum absolute atomic E-state index is 0.131. The Hall–Kier alpha value is -1.22. The van der Waals surface area contributed by atoms with E-state index in [0.29, 0.717) is 26.1 Å². The van der Waals surface area contributed by atoms with Gasteiger partial charge < -0.3 is 10.2 Å². The van der Waals surface area contributed by atoms with Gasteiger partial charge in [-0.2, -0.15) is 10.1 Å². The second-order valence-corrected chi connectivity index (χ2v) is 18.9. The van der Waals surface area contributed by atoms with Crippen molar-refractivity contribution in [3.8, 4) is 0 Å². The summed E-state index contributed by atoms with van der Waals surface area (Å²) in [6.07, 6.45) is 22.8. The van der Waals surface area contributed by atoms with Crippen molar-refractivity contribution in [3.63, 3.8) is 0 Å². The minimum Gasteiger partial charge on any atom is -0.481 e. The molecule has 0 aromatic rings. The number of hydrogen-bond acceptors (Lipinski definition) is 6. The summed E-state index contributed by atoms with van der Waals surface area (Å²) in [5.41, 5.74) is -2.46. The number of unbranched alkanes of at least 4 members (excludes halogenated alkanes) is 14. The van der Waals surface area contributed by atoms with Gasteiger partial charge >= 0.3 is 11.9 Å². The zero-order chi connectivity index (χ0) is 39.1. The molecule has 0 aromatic heterocycles.